The molecule has 29 heavy (non-hydrogen) atoms. The van der Waals surface area contributed by atoms with Gasteiger partial charge in [-0.2, -0.15) is 5.26 Å². The largest absolute Gasteiger partial charge is 0.480 e. The number of halogens is 2. The second-order valence-electron chi connectivity index (χ2n) is 5.85. The number of nitrogens with zero attached hydrogens (tertiary/aromatic N) is 1. The van der Waals surface area contributed by atoms with Crippen molar-refractivity contribution in [3.63, 3.8) is 0 Å². The number of para-hydroxylation sites is 1. The van der Waals surface area contributed by atoms with Crippen LogP contribution >= 0.6 is 38.5 Å². The van der Waals surface area contributed by atoms with Crippen LogP contribution in [0.25, 0.3) is 6.08 Å². The molecule has 0 aliphatic heterocycles. The lowest BCUT2D eigenvalue weighted by atomic mass is 10.1. The Morgan fingerprint density at radius 1 is 1.31 bits per heavy atom. The van der Waals surface area contributed by atoms with Crippen molar-refractivity contribution in [2.24, 2.45) is 0 Å². The molecule has 0 saturated heterocycles. The van der Waals surface area contributed by atoms with Crippen molar-refractivity contribution in [2.75, 3.05) is 18.5 Å². The van der Waals surface area contributed by atoms with Crippen molar-refractivity contribution in [2.45, 2.75) is 13.8 Å². The molecular weight excluding hydrogens is 551 g/mol. The number of hydrogen-bond acceptors (Lipinski definition) is 5. The zero-order chi connectivity index (χ0) is 21.4. The number of benzene rings is 2. The summed E-state index contributed by atoms with van der Waals surface area (Å²) in [6.07, 6.45) is 1.50. The summed E-state index contributed by atoms with van der Waals surface area (Å²) in [5, 5.41) is 12.2. The van der Waals surface area contributed by atoms with Gasteiger partial charge in [0, 0.05) is 5.69 Å². The summed E-state index contributed by atoms with van der Waals surface area (Å²) in [6.45, 7) is 3.67. The Morgan fingerprint density at radius 2 is 2.03 bits per heavy atom. The van der Waals surface area contributed by atoms with E-state index < -0.39 is 11.9 Å². The molecule has 0 bridgehead atoms. The molecule has 0 fully saturated rings. The minimum Gasteiger partial charge on any atom is -0.480 e. The Morgan fingerprint density at radius 3 is 2.66 bits per heavy atom. The number of carbonyl (C=O) groups excluding carboxylic acids is 2. The summed E-state index contributed by atoms with van der Waals surface area (Å²) < 4.78 is 11.7. The molecule has 0 heterocycles. The minimum atomic E-state index is -0.490. The van der Waals surface area contributed by atoms with Crippen molar-refractivity contribution in [3.05, 3.63) is 61.1 Å². The van der Waals surface area contributed by atoms with Crippen LogP contribution < -0.4 is 10.1 Å². The first-order valence-corrected chi connectivity index (χ1v) is 10.5. The van der Waals surface area contributed by atoms with Crippen molar-refractivity contribution >= 4 is 62.2 Å². The highest BCUT2D eigenvalue weighted by Gasteiger charge is 2.14. The molecule has 0 unspecified atom stereocenters. The Kier molecular flexibility index (Phi) is 8.67. The highest BCUT2D eigenvalue weighted by Crippen LogP contribution is 2.33. The number of amides is 1. The average Bonchev–Trinajstić information content (AvgIpc) is 2.67. The van der Waals surface area contributed by atoms with Crippen molar-refractivity contribution in [3.8, 4) is 11.8 Å². The molecule has 150 valence electrons. The standard InChI is InChI=1S/C21H18BrIN2O4/c1-3-28-19(26)12-29-20-16(22)9-14(10-17(20)23)8-15(11-24)21(27)25-18-7-5-4-6-13(18)2/h4-10H,3,12H2,1-2H3,(H,25,27)/b15-8-. The highest BCUT2D eigenvalue weighted by molar-refractivity contribution is 14.1. The second kappa shape index (κ2) is 11.0. The normalized spacial score (nSPS) is 10.8. The Labute approximate surface area is 191 Å². The zero-order valence-electron chi connectivity index (χ0n) is 15.8. The molecule has 0 spiro atoms. The monoisotopic (exact) mass is 568 g/mol. The molecule has 0 aromatic heterocycles. The number of esters is 1. The topological polar surface area (TPSA) is 88.4 Å². The van der Waals surface area contributed by atoms with E-state index in [1.807, 2.05) is 31.2 Å². The van der Waals surface area contributed by atoms with Crippen LogP contribution in [0, 0.1) is 21.8 Å². The predicted molar refractivity (Wildman–Crippen MR) is 122 cm³/mol. The van der Waals surface area contributed by atoms with Gasteiger partial charge < -0.3 is 14.8 Å². The number of nitrogens with one attached hydrogen (secondary N) is 1. The highest BCUT2D eigenvalue weighted by atomic mass is 127. The molecule has 0 saturated carbocycles. The molecule has 0 atom stereocenters. The summed E-state index contributed by atoms with van der Waals surface area (Å²) in [5.41, 5.74) is 2.16. The third-order valence-electron chi connectivity index (χ3n) is 3.73. The van der Waals surface area contributed by atoms with Crippen molar-refractivity contribution in [1.82, 2.24) is 0 Å². The van der Waals surface area contributed by atoms with Crippen LogP contribution in [-0.2, 0) is 14.3 Å². The van der Waals surface area contributed by atoms with E-state index >= 15 is 0 Å². The third kappa shape index (κ3) is 6.58. The van der Waals surface area contributed by atoms with Crippen molar-refractivity contribution < 1.29 is 19.1 Å². The first-order chi connectivity index (χ1) is 13.8. The van der Waals surface area contributed by atoms with Gasteiger partial charge in [0.05, 0.1) is 14.6 Å². The van der Waals surface area contributed by atoms with Gasteiger partial charge in [0.25, 0.3) is 5.91 Å². The lowest BCUT2D eigenvalue weighted by molar-refractivity contribution is -0.145. The van der Waals surface area contributed by atoms with E-state index in [0.717, 1.165) is 5.56 Å². The van der Waals surface area contributed by atoms with Gasteiger partial charge in [0.2, 0.25) is 0 Å². The Balaban J connectivity index is 2.21. The van der Waals surface area contributed by atoms with Crippen molar-refractivity contribution in [1.29, 1.82) is 5.26 Å². The number of rotatable bonds is 7. The van der Waals surface area contributed by atoms with E-state index in [2.05, 4.69) is 43.8 Å². The number of anilines is 1. The van der Waals surface area contributed by atoms with Gasteiger partial charge in [-0.15, -0.1) is 0 Å². The smallest absolute Gasteiger partial charge is 0.344 e. The maximum atomic E-state index is 12.5. The van der Waals surface area contributed by atoms with Gasteiger partial charge in [-0.1, -0.05) is 18.2 Å². The number of aryl methyl sites for hydroxylation is 1. The van der Waals surface area contributed by atoms with Crippen LogP contribution in [0.3, 0.4) is 0 Å². The van der Waals surface area contributed by atoms with E-state index in [0.29, 0.717) is 25.0 Å². The molecule has 0 radical (unpaired) electrons. The molecular formula is C21H18BrIN2O4. The molecule has 1 N–H and O–H groups in total. The Hall–Kier alpha value is -2.38. The van der Waals surface area contributed by atoms with Gasteiger partial charge in [-0.3, -0.25) is 4.79 Å². The van der Waals surface area contributed by atoms with Crippen LogP contribution in [0.4, 0.5) is 5.69 Å². The van der Waals surface area contributed by atoms with Gasteiger partial charge >= 0.3 is 5.97 Å². The minimum absolute atomic E-state index is 0.0313. The molecule has 2 aromatic rings. The zero-order valence-corrected chi connectivity index (χ0v) is 19.5. The maximum Gasteiger partial charge on any atom is 0.344 e. The molecule has 0 aliphatic carbocycles. The first-order valence-electron chi connectivity index (χ1n) is 8.62. The molecule has 2 rings (SSSR count). The van der Waals surface area contributed by atoms with Gasteiger partial charge in [-0.05, 0) is 87.8 Å². The molecule has 6 nitrogen and oxygen atoms in total. The quantitative estimate of drug-likeness (QED) is 0.223. The number of hydrogen-bond donors (Lipinski definition) is 1. The van der Waals surface area contributed by atoms with E-state index in [1.165, 1.54) is 6.08 Å². The third-order valence-corrected chi connectivity index (χ3v) is 5.12. The Bertz CT molecular complexity index is 975. The first kappa shape index (κ1) is 22.9. The van der Waals surface area contributed by atoms with Crippen LogP contribution in [0.15, 0.2) is 46.4 Å². The number of ether oxygens (including phenoxy) is 2. The fourth-order valence-electron chi connectivity index (χ4n) is 2.35. The van der Waals surface area contributed by atoms with Crippen LogP contribution in [0.1, 0.15) is 18.1 Å². The summed E-state index contributed by atoms with van der Waals surface area (Å²) >= 11 is 5.46. The summed E-state index contributed by atoms with van der Waals surface area (Å²) in [4.78, 5) is 24.0. The summed E-state index contributed by atoms with van der Waals surface area (Å²) in [6, 6.07) is 12.7. The van der Waals surface area contributed by atoms with Gasteiger partial charge in [0.15, 0.2) is 6.61 Å². The fourth-order valence-corrected chi connectivity index (χ4v) is 4.12. The van der Waals surface area contributed by atoms with E-state index in [9.17, 15) is 14.9 Å². The maximum absolute atomic E-state index is 12.5. The molecule has 2 aromatic carbocycles. The van der Waals surface area contributed by atoms with E-state index in [1.54, 1.807) is 25.1 Å². The van der Waals surface area contributed by atoms with Crippen LogP contribution in [0.2, 0.25) is 0 Å². The molecule has 8 heteroatoms. The van der Waals surface area contributed by atoms with E-state index in [4.69, 9.17) is 9.47 Å². The SMILES string of the molecule is CCOC(=O)COc1c(Br)cc(/C=C(/C#N)C(=O)Nc2ccccc2C)cc1I. The van der Waals surface area contributed by atoms with Crippen LogP contribution in [0.5, 0.6) is 5.75 Å². The summed E-state index contributed by atoms with van der Waals surface area (Å²) in [7, 11) is 0. The number of nitriles is 1. The molecule has 0 aliphatic rings. The lowest BCUT2D eigenvalue weighted by Gasteiger charge is -2.11. The van der Waals surface area contributed by atoms with Gasteiger partial charge in [-0.25, -0.2) is 4.79 Å². The second-order valence-corrected chi connectivity index (χ2v) is 7.86. The number of carbonyl (C=O) groups is 2. The van der Waals surface area contributed by atoms with Crippen LogP contribution in [-0.4, -0.2) is 25.1 Å². The molecule has 1 amide bonds. The van der Waals surface area contributed by atoms with E-state index in [-0.39, 0.29) is 18.8 Å². The predicted octanol–water partition coefficient (Wildman–Crippen LogP) is 4.85. The lowest BCUT2D eigenvalue weighted by Crippen LogP contribution is -2.15. The average molecular weight is 569 g/mol. The fraction of sp³-hybridized carbons (Fsp3) is 0.190. The summed E-state index contributed by atoms with van der Waals surface area (Å²) in [5.74, 6) is -0.465. The van der Waals surface area contributed by atoms with Gasteiger partial charge in [0.1, 0.15) is 17.4 Å².